The molecule has 1 aromatic heterocycles. The Morgan fingerprint density at radius 1 is 1.32 bits per heavy atom. The first-order valence-electron chi connectivity index (χ1n) is 6.87. The van der Waals surface area contributed by atoms with E-state index >= 15 is 0 Å². The fraction of sp³-hybridized carbons (Fsp3) is 0.562. The van der Waals surface area contributed by atoms with Crippen LogP contribution in [0, 0.1) is 18.3 Å². The molecule has 0 aliphatic carbocycles. The summed E-state index contributed by atoms with van der Waals surface area (Å²) in [5.41, 5.74) is 3.72. The molecule has 1 heterocycles. The number of alkyl halides is 1. The molecule has 19 heavy (non-hydrogen) atoms. The summed E-state index contributed by atoms with van der Waals surface area (Å²) in [6.07, 6.45) is 0. The lowest BCUT2D eigenvalue weighted by atomic mass is 9.81. The number of benzene rings is 1. The fourth-order valence-electron chi connectivity index (χ4n) is 2.15. The Morgan fingerprint density at radius 2 is 2.00 bits per heavy atom. The Hall–Kier alpha value is -1.02. The predicted octanol–water partition coefficient (Wildman–Crippen LogP) is 4.77. The highest BCUT2D eigenvalue weighted by atomic mass is 35.5. The van der Waals surface area contributed by atoms with Gasteiger partial charge in [0.25, 0.3) is 0 Å². The molecule has 104 valence electrons. The Kier molecular flexibility index (Phi) is 3.91. The van der Waals surface area contributed by atoms with Gasteiger partial charge >= 0.3 is 0 Å². The lowest BCUT2D eigenvalue weighted by Crippen LogP contribution is -2.26. The van der Waals surface area contributed by atoms with Crippen molar-refractivity contribution in [2.75, 3.05) is 0 Å². The van der Waals surface area contributed by atoms with Gasteiger partial charge in [0.2, 0.25) is 0 Å². The lowest BCUT2D eigenvalue weighted by molar-refractivity contribution is 0.211. The molecule has 0 atom stereocenters. The van der Waals surface area contributed by atoms with E-state index in [9.17, 15) is 0 Å². The smallest absolute Gasteiger partial charge is 0.124 e. The van der Waals surface area contributed by atoms with Crippen LogP contribution in [-0.4, -0.2) is 9.55 Å². The molecule has 0 fully saturated rings. The van der Waals surface area contributed by atoms with E-state index in [4.69, 9.17) is 11.6 Å². The van der Waals surface area contributed by atoms with Gasteiger partial charge in [0.05, 0.1) is 16.9 Å². The van der Waals surface area contributed by atoms with Crippen LogP contribution in [-0.2, 0) is 12.4 Å². The minimum atomic E-state index is 0.220. The minimum absolute atomic E-state index is 0.220. The maximum Gasteiger partial charge on any atom is 0.124 e. The number of imidazole rings is 1. The summed E-state index contributed by atoms with van der Waals surface area (Å²) < 4.78 is 2.29. The van der Waals surface area contributed by atoms with Crippen molar-refractivity contribution in [1.29, 1.82) is 0 Å². The minimum Gasteiger partial charge on any atom is -0.326 e. The van der Waals surface area contributed by atoms with Gasteiger partial charge in [0.1, 0.15) is 5.82 Å². The van der Waals surface area contributed by atoms with Crippen LogP contribution in [0.25, 0.3) is 11.0 Å². The summed E-state index contributed by atoms with van der Waals surface area (Å²) >= 11 is 6.07. The number of aromatic nitrogens is 2. The first-order chi connectivity index (χ1) is 8.85. The summed E-state index contributed by atoms with van der Waals surface area (Å²) in [6, 6.07) is 6.39. The number of hydrogen-bond acceptors (Lipinski definition) is 1. The number of rotatable bonds is 4. The monoisotopic (exact) mass is 278 g/mol. The number of hydrogen-bond donors (Lipinski definition) is 0. The quantitative estimate of drug-likeness (QED) is 0.737. The Morgan fingerprint density at radius 3 is 2.58 bits per heavy atom. The van der Waals surface area contributed by atoms with Gasteiger partial charge in [0.15, 0.2) is 0 Å². The van der Waals surface area contributed by atoms with Gasteiger partial charge in [-0.3, -0.25) is 0 Å². The van der Waals surface area contributed by atoms with E-state index < -0.39 is 0 Å². The van der Waals surface area contributed by atoms with Crippen LogP contribution in [0.2, 0.25) is 0 Å². The van der Waals surface area contributed by atoms with Gasteiger partial charge in [-0.25, -0.2) is 4.98 Å². The molecular formula is C16H23ClN2. The molecule has 0 amide bonds. The predicted molar refractivity (Wildman–Crippen MR) is 82.6 cm³/mol. The van der Waals surface area contributed by atoms with Gasteiger partial charge in [-0.05, 0) is 36.0 Å². The van der Waals surface area contributed by atoms with Gasteiger partial charge in [-0.2, -0.15) is 0 Å². The van der Waals surface area contributed by atoms with Gasteiger partial charge < -0.3 is 4.57 Å². The summed E-state index contributed by atoms with van der Waals surface area (Å²) in [5, 5.41) is 0. The Labute approximate surface area is 120 Å². The Balaban J connectivity index is 2.54. The zero-order valence-electron chi connectivity index (χ0n) is 12.5. The average Bonchev–Trinajstić information content (AvgIpc) is 2.66. The van der Waals surface area contributed by atoms with E-state index in [-0.39, 0.29) is 5.41 Å². The van der Waals surface area contributed by atoms with Crippen LogP contribution < -0.4 is 0 Å². The first kappa shape index (κ1) is 14.4. The molecule has 2 nitrogen and oxygen atoms in total. The zero-order chi connectivity index (χ0) is 14.2. The van der Waals surface area contributed by atoms with E-state index in [2.05, 4.69) is 62.4 Å². The van der Waals surface area contributed by atoms with Crippen molar-refractivity contribution < 1.29 is 0 Å². The molecule has 0 radical (unpaired) electrons. The maximum atomic E-state index is 6.07. The molecule has 1 aromatic carbocycles. The number of aryl methyl sites for hydroxylation is 1. The van der Waals surface area contributed by atoms with Crippen molar-refractivity contribution in [3.63, 3.8) is 0 Å². The van der Waals surface area contributed by atoms with Crippen molar-refractivity contribution >= 4 is 22.6 Å². The zero-order valence-corrected chi connectivity index (χ0v) is 13.3. The average molecular weight is 279 g/mol. The third kappa shape index (κ3) is 2.79. The summed E-state index contributed by atoms with van der Waals surface area (Å²) in [6.45, 7) is 12.2. The normalized spacial score (nSPS) is 12.6. The molecule has 0 spiro atoms. The molecule has 0 N–H and O–H groups in total. The van der Waals surface area contributed by atoms with E-state index in [0.717, 1.165) is 17.9 Å². The fourth-order valence-corrected chi connectivity index (χ4v) is 2.36. The van der Waals surface area contributed by atoms with Crippen molar-refractivity contribution in [3.05, 3.63) is 29.6 Å². The Bertz CT molecular complexity index is 582. The molecule has 2 aromatic rings. The highest BCUT2D eigenvalue weighted by Crippen LogP contribution is 2.31. The van der Waals surface area contributed by atoms with Gasteiger partial charge in [-0.15, -0.1) is 11.6 Å². The highest BCUT2D eigenvalue weighted by molar-refractivity contribution is 6.16. The second-order valence-electron chi connectivity index (χ2n) is 6.38. The maximum absolute atomic E-state index is 6.07. The number of halogens is 1. The second-order valence-corrected chi connectivity index (χ2v) is 6.65. The SMILES string of the molecule is Cc1ccc2nc(CCl)n(CC(C)(C)C(C)C)c2c1. The van der Waals surface area contributed by atoms with Crippen LogP contribution >= 0.6 is 11.6 Å². The molecule has 2 rings (SSSR count). The summed E-state index contributed by atoms with van der Waals surface area (Å²) in [5.74, 6) is 2.04. The van der Waals surface area contributed by atoms with Crippen LogP contribution in [0.3, 0.4) is 0 Å². The van der Waals surface area contributed by atoms with E-state index in [0.29, 0.717) is 11.8 Å². The molecular weight excluding hydrogens is 256 g/mol. The van der Waals surface area contributed by atoms with Gasteiger partial charge in [-0.1, -0.05) is 33.8 Å². The molecule has 0 aliphatic rings. The van der Waals surface area contributed by atoms with Crippen molar-refractivity contribution in [2.45, 2.75) is 47.0 Å². The van der Waals surface area contributed by atoms with Crippen molar-refractivity contribution in [3.8, 4) is 0 Å². The van der Waals surface area contributed by atoms with Crippen molar-refractivity contribution in [1.82, 2.24) is 9.55 Å². The molecule has 0 aliphatic heterocycles. The largest absolute Gasteiger partial charge is 0.326 e. The van der Waals surface area contributed by atoms with Crippen LogP contribution in [0.15, 0.2) is 18.2 Å². The third-order valence-electron chi connectivity index (χ3n) is 4.23. The lowest BCUT2D eigenvalue weighted by Gasteiger charge is -2.30. The molecule has 0 saturated heterocycles. The molecule has 3 heteroatoms. The molecule has 0 bridgehead atoms. The van der Waals surface area contributed by atoms with Crippen LogP contribution in [0.1, 0.15) is 39.1 Å². The van der Waals surface area contributed by atoms with Crippen LogP contribution in [0.4, 0.5) is 0 Å². The highest BCUT2D eigenvalue weighted by Gasteiger charge is 2.25. The standard InChI is InChI=1S/C16H23ClN2/c1-11(2)16(4,5)10-19-14-8-12(3)6-7-13(14)18-15(19)9-17/h6-8,11H,9-10H2,1-5H3. The van der Waals surface area contributed by atoms with E-state index in [1.54, 1.807) is 0 Å². The third-order valence-corrected chi connectivity index (χ3v) is 4.47. The number of fused-ring (bicyclic) bond motifs is 1. The number of nitrogens with zero attached hydrogens (tertiary/aromatic N) is 2. The van der Waals surface area contributed by atoms with Crippen LogP contribution in [0.5, 0.6) is 0 Å². The van der Waals surface area contributed by atoms with E-state index in [1.807, 2.05) is 0 Å². The summed E-state index contributed by atoms with van der Waals surface area (Å²) in [4.78, 5) is 4.65. The topological polar surface area (TPSA) is 17.8 Å². The summed E-state index contributed by atoms with van der Waals surface area (Å²) in [7, 11) is 0. The van der Waals surface area contributed by atoms with E-state index in [1.165, 1.54) is 11.1 Å². The first-order valence-corrected chi connectivity index (χ1v) is 7.40. The van der Waals surface area contributed by atoms with Crippen molar-refractivity contribution in [2.24, 2.45) is 11.3 Å². The molecule has 0 saturated carbocycles. The van der Waals surface area contributed by atoms with Gasteiger partial charge in [0, 0.05) is 6.54 Å². The molecule has 0 unspecified atom stereocenters. The second kappa shape index (κ2) is 5.16.